The van der Waals surface area contributed by atoms with Crippen LogP contribution in [0.4, 0.5) is 5.82 Å². The smallest absolute Gasteiger partial charge is 0.260 e. The number of aromatic nitrogens is 1. The van der Waals surface area contributed by atoms with Gasteiger partial charge in [-0.2, -0.15) is 0 Å². The predicted molar refractivity (Wildman–Crippen MR) is 74.4 cm³/mol. The fourth-order valence-corrected chi connectivity index (χ4v) is 2.51. The second-order valence-electron chi connectivity index (χ2n) is 4.85. The van der Waals surface area contributed by atoms with Crippen LogP contribution in [0.5, 0.6) is 5.75 Å². The summed E-state index contributed by atoms with van der Waals surface area (Å²) in [6.07, 6.45) is 0.795. The standard InChI is InChI=1S/C14H13ClN2O3/c1-7-3-9-5-10(15)6-11(13(9)19-7)14(18)16-12-4-8(2)20-17-12/h4-7H,3H2,1-2H3,(H,16,17,18). The zero-order chi connectivity index (χ0) is 14.3. The van der Waals surface area contributed by atoms with Gasteiger partial charge < -0.3 is 14.6 Å². The Morgan fingerprint density at radius 1 is 1.45 bits per heavy atom. The average Bonchev–Trinajstić information content (AvgIpc) is 2.93. The molecule has 1 amide bonds. The van der Waals surface area contributed by atoms with E-state index in [4.69, 9.17) is 20.9 Å². The summed E-state index contributed by atoms with van der Waals surface area (Å²) in [5.41, 5.74) is 1.36. The molecule has 0 fully saturated rings. The molecule has 3 rings (SSSR count). The van der Waals surface area contributed by atoms with Crippen LogP contribution in [0.1, 0.15) is 28.6 Å². The number of fused-ring (bicyclic) bond motifs is 1. The lowest BCUT2D eigenvalue weighted by molar-refractivity contribution is 0.102. The van der Waals surface area contributed by atoms with E-state index in [1.165, 1.54) is 0 Å². The highest BCUT2D eigenvalue weighted by atomic mass is 35.5. The Morgan fingerprint density at radius 2 is 2.25 bits per heavy atom. The molecule has 0 saturated heterocycles. The lowest BCUT2D eigenvalue weighted by atomic mass is 10.1. The number of ether oxygens (including phenoxy) is 1. The van der Waals surface area contributed by atoms with Gasteiger partial charge in [-0.1, -0.05) is 16.8 Å². The summed E-state index contributed by atoms with van der Waals surface area (Å²) in [5, 5.41) is 6.92. The highest BCUT2D eigenvalue weighted by Gasteiger charge is 2.26. The second kappa shape index (κ2) is 4.83. The molecule has 20 heavy (non-hydrogen) atoms. The van der Waals surface area contributed by atoms with Crippen LogP contribution in [0.25, 0.3) is 0 Å². The molecule has 1 unspecified atom stereocenters. The topological polar surface area (TPSA) is 64.4 Å². The van der Waals surface area contributed by atoms with Crippen LogP contribution in [-0.2, 0) is 6.42 Å². The van der Waals surface area contributed by atoms with Gasteiger partial charge in [0.05, 0.1) is 5.56 Å². The Kier molecular flexibility index (Phi) is 3.14. The number of carbonyl (C=O) groups excluding carboxylic acids is 1. The molecule has 1 N–H and O–H groups in total. The first-order valence-corrected chi connectivity index (χ1v) is 6.64. The Labute approximate surface area is 120 Å². The highest BCUT2D eigenvalue weighted by Crippen LogP contribution is 2.35. The van der Waals surface area contributed by atoms with Crippen LogP contribution < -0.4 is 10.1 Å². The van der Waals surface area contributed by atoms with Gasteiger partial charge in [-0.3, -0.25) is 4.79 Å². The molecule has 5 nitrogen and oxygen atoms in total. The van der Waals surface area contributed by atoms with Gasteiger partial charge >= 0.3 is 0 Å². The number of aryl methyl sites for hydroxylation is 1. The molecule has 0 radical (unpaired) electrons. The molecule has 1 aromatic heterocycles. The molecule has 0 bridgehead atoms. The molecule has 0 spiro atoms. The highest BCUT2D eigenvalue weighted by molar-refractivity contribution is 6.31. The maximum Gasteiger partial charge on any atom is 0.260 e. The van der Waals surface area contributed by atoms with Crippen LogP contribution in [0, 0.1) is 6.92 Å². The van der Waals surface area contributed by atoms with Crippen molar-refractivity contribution in [3.05, 3.63) is 40.1 Å². The van der Waals surface area contributed by atoms with Crippen LogP contribution in [0.2, 0.25) is 5.02 Å². The van der Waals surface area contributed by atoms with Crippen LogP contribution in [-0.4, -0.2) is 17.2 Å². The van der Waals surface area contributed by atoms with Crippen molar-refractivity contribution in [2.45, 2.75) is 26.4 Å². The minimum Gasteiger partial charge on any atom is -0.489 e. The first kappa shape index (κ1) is 13.0. The van der Waals surface area contributed by atoms with Gasteiger partial charge in [0.1, 0.15) is 17.6 Å². The number of benzene rings is 1. The molecule has 1 aliphatic heterocycles. The van der Waals surface area contributed by atoms with Crippen molar-refractivity contribution >= 4 is 23.3 Å². The molecule has 1 aliphatic rings. The van der Waals surface area contributed by atoms with Crippen molar-refractivity contribution in [2.75, 3.05) is 5.32 Å². The minimum absolute atomic E-state index is 0.0457. The SMILES string of the molecule is Cc1cc(NC(=O)c2cc(Cl)cc3c2OC(C)C3)no1. The van der Waals surface area contributed by atoms with Crippen molar-refractivity contribution in [3.63, 3.8) is 0 Å². The summed E-state index contributed by atoms with van der Waals surface area (Å²) >= 11 is 6.06. The average molecular weight is 293 g/mol. The van der Waals surface area contributed by atoms with E-state index >= 15 is 0 Å². The van der Waals surface area contributed by atoms with Crippen molar-refractivity contribution < 1.29 is 14.1 Å². The van der Waals surface area contributed by atoms with Crippen LogP contribution in [0.15, 0.2) is 22.7 Å². The van der Waals surface area contributed by atoms with Gasteiger partial charge in [0.25, 0.3) is 5.91 Å². The Hall–Kier alpha value is -2.01. The van der Waals surface area contributed by atoms with Crippen molar-refractivity contribution in [3.8, 4) is 5.75 Å². The number of carbonyl (C=O) groups is 1. The molecule has 104 valence electrons. The maximum atomic E-state index is 12.3. The first-order valence-electron chi connectivity index (χ1n) is 6.26. The van der Waals surface area contributed by atoms with E-state index < -0.39 is 0 Å². The van der Waals surface area contributed by atoms with E-state index in [0.717, 1.165) is 12.0 Å². The molecule has 1 atom stereocenters. The molecule has 2 aromatic rings. The number of nitrogens with one attached hydrogen (secondary N) is 1. The Morgan fingerprint density at radius 3 is 2.95 bits per heavy atom. The van der Waals surface area contributed by atoms with Crippen LogP contribution >= 0.6 is 11.6 Å². The van der Waals surface area contributed by atoms with E-state index in [1.807, 2.05) is 13.0 Å². The summed E-state index contributed by atoms with van der Waals surface area (Å²) in [4.78, 5) is 12.3. The van der Waals surface area contributed by atoms with Gasteiger partial charge in [-0.15, -0.1) is 0 Å². The Balaban J connectivity index is 1.92. The third-order valence-electron chi connectivity index (χ3n) is 3.07. The van der Waals surface area contributed by atoms with E-state index in [2.05, 4.69) is 10.5 Å². The lowest BCUT2D eigenvalue weighted by Crippen LogP contribution is -2.14. The summed E-state index contributed by atoms with van der Waals surface area (Å²) in [6.45, 7) is 3.71. The molecular weight excluding hydrogens is 280 g/mol. The molecule has 6 heteroatoms. The Bertz CT molecular complexity index is 681. The second-order valence-corrected chi connectivity index (χ2v) is 5.29. The molecule has 1 aromatic carbocycles. The number of nitrogens with zero attached hydrogens (tertiary/aromatic N) is 1. The molecular formula is C14H13ClN2O3. The number of anilines is 1. The minimum atomic E-state index is -0.314. The number of halogens is 1. The molecule has 0 saturated carbocycles. The predicted octanol–water partition coefficient (Wildman–Crippen LogP) is 3.21. The fraction of sp³-hybridized carbons (Fsp3) is 0.286. The molecule has 2 heterocycles. The van der Waals surface area contributed by atoms with E-state index in [1.54, 1.807) is 19.1 Å². The van der Waals surface area contributed by atoms with Gasteiger partial charge in [0.2, 0.25) is 0 Å². The quantitative estimate of drug-likeness (QED) is 0.923. The lowest BCUT2D eigenvalue weighted by Gasteiger charge is -2.09. The largest absolute Gasteiger partial charge is 0.489 e. The van der Waals surface area contributed by atoms with Crippen molar-refractivity contribution in [1.82, 2.24) is 5.16 Å². The van der Waals surface area contributed by atoms with Gasteiger partial charge in [-0.05, 0) is 26.0 Å². The number of amides is 1. The summed E-state index contributed by atoms with van der Waals surface area (Å²) in [7, 11) is 0. The van der Waals surface area contributed by atoms with Gasteiger partial charge in [0.15, 0.2) is 5.82 Å². The summed E-state index contributed by atoms with van der Waals surface area (Å²) < 4.78 is 10.6. The third kappa shape index (κ3) is 2.36. The third-order valence-corrected chi connectivity index (χ3v) is 3.29. The van der Waals surface area contributed by atoms with E-state index in [-0.39, 0.29) is 12.0 Å². The summed E-state index contributed by atoms with van der Waals surface area (Å²) in [5.74, 6) is 1.28. The van der Waals surface area contributed by atoms with Crippen molar-refractivity contribution in [1.29, 1.82) is 0 Å². The van der Waals surface area contributed by atoms with Gasteiger partial charge in [-0.25, -0.2) is 0 Å². The van der Waals surface area contributed by atoms with Crippen LogP contribution in [0.3, 0.4) is 0 Å². The zero-order valence-electron chi connectivity index (χ0n) is 11.1. The van der Waals surface area contributed by atoms with E-state index in [9.17, 15) is 4.79 Å². The normalized spacial score (nSPS) is 16.6. The number of hydrogen-bond donors (Lipinski definition) is 1. The number of hydrogen-bond acceptors (Lipinski definition) is 4. The van der Waals surface area contributed by atoms with Gasteiger partial charge in [0, 0.05) is 23.1 Å². The fourth-order valence-electron chi connectivity index (χ4n) is 2.27. The van der Waals surface area contributed by atoms with E-state index in [0.29, 0.717) is 27.9 Å². The zero-order valence-corrected chi connectivity index (χ0v) is 11.8. The monoisotopic (exact) mass is 292 g/mol. The summed E-state index contributed by atoms with van der Waals surface area (Å²) in [6, 6.07) is 5.07. The number of rotatable bonds is 2. The first-order chi connectivity index (χ1) is 9.52. The maximum absolute atomic E-state index is 12.3. The van der Waals surface area contributed by atoms with Crippen molar-refractivity contribution in [2.24, 2.45) is 0 Å². The molecule has 0 aliphatic carbocycles.